The molecule has 0 aliphatic rings. The molecule has 0 saturated carbocycles. The Hall–Kier alpha value is -1.43. The second kappa shape index (κ2) is 6.22. The molecular formula is C10H18N4O2. The minimum atomic E-state index is -0.0626. The van der Waals surface area contributed by atoms with Gasteiger partial charge in [-0.25, -0.2) is 0 Å². The molecule has 0 aliphatic heterocycles. The van der Waals surface area contributed by atoms with Crippen LogP contribution in [-0.4, -0.2) is 28.6 Å². The van der Waals surface area contributed by atoms with E-state index < -0.39 is 0 Å². The second-order valence-electron chi connectivity index (χ2n) is 3.70. The van der Waals surface area contributed by atoms with E-state index in [1.54, 1.807) is 6.92 Å². The minimum absolute atomic E-state index is 0.0328. The number of nitrogens with one attached hydrogen (secondary N) is 1. The van der Waals surface area contributed by atoms with Crippen molar-refractivity contribution >= 4 is 5.91 Å². The first-order valence-corrected chi connectivity index (χ1v) is 5.43. The zero-order chi connectivity index (χ0) is 12.0. The summed E-state index contributed by atoms with van der Waals surface area (Å²) in [4.78, 5) is 15.4. The van der Waals surface area contributed by atoms with Gasteiger partial charge in [-0.2, -0.15) is 4.98 Å². The van der Waals surface area contributed by atoms with E-state index in [2.05, 4.69) is 15.5 Å². The van der Waals surface area contributed by atoms with Gasteiger partial charge in [-0.3, -0.25) is 4.79 Å². The van der Waals surface area contributed by atoms with E-state index >= 15 is 0 Å². The number of rotatable bonds is 6. The highest BCUT2D eigenvalue weighted by molar-refractivity contribution is 5.76. The van der Waals surface area contributed by atoms with Crippen LogP contribution in [0.4, 0.5) is 0 Å². The zero-order valence-corrected chi connectivity index (χ0v) is 9.69. The van der Waals surface area contributed by atoms with Crippen molar-refractivity contribution in [2.45, 2.75) is 39.2 Å². The van der Waals surface area contributed by atoms with Gasteiger partial charge in [0.2, 0.25) is 11.8 Å². The third-order valence-corrected chi connectivity index (χ3v) is 2.21. The summed E-state index contributed by atoms with van der Waals surface area (Å²) < 4.78 is 4.81. The summed E-state index contributed by atoms with van der Waals surface area (Å²) in [6.45, 7) is 4.20. The average molecular weight is 226 g/mol. The lowest BCUT2D eigenvalue weighted by Crippen LogP contribution is -2.32. The highest BCUT2D eigenvalue weighted by Gasteiger charge is 2.07. The number of amides is 1. The second-order valence-corrected chi connectivity index (χ2v) is 3.70. The van der Waals surface area contributed by atoms with E-state index in [0.29, 0.717) is 31.1 Å². The van der Waals surface area contributed by atoms with Crippen molar-refractivity contribution in [1.82, 2.24) is 15.5 Å². The van der Waals surface area contributed by atoms with Crippen molar-refractivity contribution in [1.29, 1.82) is 0 Å². The molecule has 1 amide bonds. The largest absolute Gasteiger partial charge is 0.356 e. The molecule has 0 bridgehead atoms. The van der Waals surface area contributed by atoms with Gasteiger partial charge in [0.05, 0.1) is 0 Å². The Morgan fingerprint density at radius 3 is 2.94 bits per heavy atom. The van der Waals surface area contributed by atoms with Gasteiger partial charge in [-0.15, -0.1) is 0 Å². The van der Waals surface area contributed by atoms with Crippen LogP contribution in [0.1, 0.15) is 31.5 Å². The van der Waals surface area contributed by atoms with Gasteiger partial charge in [0.25, 0.3) is 0 Å². The van der Waals surface area contributed by atoms with E-state index in [9.17, 15) is 4.79 Å². The van der Waals surface area contributed by atoms with Gasteiger partial charge in [0.15, 0.2) is 5.82 Å². The fraction of sp³-hybridized carbons (Fsp3) is 0.700. The van der Waals surface area contributed by atoms with Crippen LogP contribution in [0.25, 0.3) is 0 Å². The number of carbonyl (C=O) groups is 1. The number of aromatic nitrogens is 2. The summed E-state index contributed by atoms with van der Waals surface area (Å²) in [6.07, 6.45) is 1.74. The predicted molar refractivity (Wildman–Crippen MR) is 58.6 cm³/mol. The van der Waals surface area contributed by atoms with Gasteiger partial charge in [0, 0.05) is 32.4 Å². The van der Waals surface area contributed by atoms with Crippen LogP contribution >= 0.6 is 0 Å². The summed E-state index contributed by atoms with van der Waals surface area (Å²) >= 11 is 0. The molecule has 0 saturated heterocycles. The molecule has 0 radical (unpaired) electrons. The van der Waals surface area contributed by atoms with Crippen LogP contribution < -0.4 is 11.1 Å². The molecule has 6 heteroatoms. The van der Waals surface area contributed by atoms with E-state index in [-0.39, 0.29) is 11.9 Å². The molecule has 0 aliphatic carbocycles. The third-order valence-electron chi connectivity index (χ3n) is 2.21. The van der Waals surface area contributed by atoms with Crippen LogP contribution in [0, 0.1) is 6.92 Å². The number of hydrogen-bond acceptors (Lipinski definition) is 5. The van der Waals surface area contributed by atoms with Crippen molar-refractivity contribution in [3.63, 3.8) is 0 Å². The Kier molecular flexibility index (Phi) is 4.91. The molecule has 0 fully saturated rings. The Morgan fingerprint density at radius 2 is 2.38 bits per heavy atom. The number of nitrogens with two attached hydrogens (primary N) is 1. The SMILES string of the molecule is CCC(N)CC(=O)NCCc1noc(C)n1. The smallest absolute Gasteiger partial charge is 0.223 e. The van der Waals surface area contributed by atoms with Crippen molar-refractivity contribution in [2.75, 3.05) is 6.54 Å². The molecule has 0 aromatic carbocycles. The Labute approximate surface area is 94.6 Å². The summed E-state index contributed by atoms with van der Waals surface area (Å²) in [5, 5.41) is 6.49. The monoisotopic (exact) mass is 226 g/mol. The van der Waals surface area contributed by atoms with Gasteiger partial charge >= 0.3 is 0 Å². The van der Waals surface area contributed by atoms with Crippen LogP contribution in [0.3, 0.4) is 0 Å². The molecule has 1 aromatic rings. The van der Waals surface area contributed by atoms with Crippen LogP contribution in [0.2, 0.25) is 0 Å². The fourth-order valence-corrected chi connectivity index (χ4v) is 1.21. The summed E-state index contributed by atoms with van der Waals surface area (Å²) in [5.41, 5.74) is 5.66. The number of carbonyl (C=O) groups excluding carboxylic acids is 1. The maximum atomic E-state index is 11.4. The molecule has 3 N–H and O–H groups in total. The summed E-state index contributed by atoms with van der Waals surface area (Å²) in [6, 6.07) is -0.0626. The molecular weight excluding hydrogens is 208 g/mol. The minimum Gasteiger partial charge on any atom is -0.356 e. The molecule has 1 rings (SSSR count). The topological polar surface area (TPSA) is 94.0 Å². The van der Waals surface area contributed by atoms with E-state index in [1.165, 1.54) is 0 Å². The highest BCUT2D eigenvalue weighted by atomic mass is 16.5. The van der Waals surface area contributed by atoms with Crippen LogP contribution in [0.5, 0.6) is 0 Å². The molecule has 6 nitrogen and oxygen atoms in total. The zero-order valence-electron chi connectivity index (χ0n) is 9.69. The van der Waals surface area contributed by atoms with E-state index in [0.717, 1.165) is 6.42 Å². The van der Waals surface area contributed by atoms with Gasteiger partial charge in [-0.05, 0) is 6.42 Å². The maximum Gasteiger partial charge on any atom is 0.223 e. The third kappa shape index (κ3) is 4.39. The first kappa shape index (κ1) is 12.6. The first-order chi connectivity index (χ1) is 7.61. The number of nitrogens with zero attached hydrogens (tertiary/aromatic N) is 2. The lowest BCUT2D eigenvalue weighted by Gasteiger charge is -2.08. The average Bonchev–Trinajstić information content (AvgIpc) is 2.64. The van der Waals surface area contributed by atoms with Crippen molar-refractivity contribution in [3.05, 3.63) is 11.7 Å². The fourth-order valence-electron chi connectivity index (χ4n) is 1.21. The Morgan fingerprint density at radius 1 is 1.62 bits per heavy atom. The van der Waals surface area contributed by atoms with Crippen LogP contribution in [-0.2, 0) is 11.2 Å². The summed E-state index contributed by atoms with van der Waals surface area (Å²) in [7, 11) is 0. The molecule has 1 atom stereocenters. The van der Waals surface area contributed by atoms with E-state index in [1.807, 2.05) is 6.92 Å². The number of hydrogen-bond donors (Lipinski definition) is 2. The lowest BCUT2D eigenvalue weighted by atomic mass is 10.1. The van der Waals surface area contributed by atoms with Crippen molar-refractivity contribution < 1.29 is 9.32 Å². The van der Waals surface area contributed by atoms with E-state index in [4.69, 9.17) is 10.3 Å². The lowest BCUT2D eigenvalue weighted by molar-refractivity contribution is -0.121. The number of aryl methyl sites for hydroxylation is 1. The van der Waals surface area contributed by atoms with Crippen molar-refractivity contribution in [2.24, 2.45) is 5.73 Å². The normalized spacial score (nSPS) is 12.4. The summed E-state index contributed by atoms with van der Waals surface area (Å²) in [5.74, 6) is 1.11. The van der Waals surface area contributed by atoms with Crippen LogP contribution in [0.15, 0.2) is 4.52 Å². The van der Waals surface area contributed by atoms with Gasteiger partial charge in [0.1, 0.15) is 0 Å². The first-order valence-electron chi connectivity index (χ1n) is 5.43. The van der Waals surface area contributed by atoms with Gasteiger partial charge in [-0.1, -0.05) is 12.1 Å². The molecule has 16 heavy (non-hydrogen) atoms. The predicted octanol–water partition coefficient (Wildman–Crippen LogP) is 0.164. The molecule has 1 aromatic heterocycles. The molecule has 0 spiro atoms. The standard InChI is InChI=1S/C10H18N4O2/c1-3-8(11)6-10(15)12-5-4-9-13-7(2)16-14-9/h8H,3-6,11H2,1-2H3,(H,12,15). The quantitative estimate of drug-likeness (QED) is 0.720. The maximum absolute atomic E-state index is 11.4. The molecule has 90 valence electrons. The Balaban J connectivity index is 2.18. The highest BCUT2D eigenvalue weighted by Crippen LogP contribution is 1.96. The molecule has 1 unspecified atom stereocenters. The van der Waals surface area contributed by atoms with Gasteiger partial charge < -0.3 is 15.6 Å². The van der Waals surface area contributed by atoms with Crippen molar-refractivity contribution in [3.8, 4) is 0 Å². The Bertz CT molecular complexity index is 337. The molecule has 1 heterocycles.